The van der Waals surface area contributed by atoms with Crippen molar-refractivity contribution in [3.05, 3.63) is 65.8 Å². The van der Waals surface area contributed by atoms with Gasteiger partial charge in [0.2, 0.25) is 17.6 Å². The Balaban J connectivity index is 1.47. The molecule has 4 rings (SSSR count). The van der Waals surface area contributed by atoms with Crippen molar-refractivity contribution in [2.45, 2.75) is 18.9 Å². The SMILES string of the molecule is COc1cccc(CN2CC(c3nc(-c4cccc(F)c4)no3)CC2=O)c1. The van der Waals surface area contributed by atoms with Crippen LogP contribution in [0.4, 0.5) is 4.39 Å². The van der Waals surface area contributed by atoms with Crippen LogP contribution in [0.15, 0.2) is 53.1 Å². The van der Waals surface area contributed by atoms with Crippen LogP contribution in [0.25, 0.3) is 11.4 Å². The molecule has 1 atom stereocenters. The molecule has 1 unspecified atom stereocenters. The number of hydrogen-bond acceptors (Lipinski definition) is 5. The number of rotatable bonds is 5. The van der Waals surface area contributed by atoms with Gasteiger partial charge in [-0.05, 0) is 29.8 Å². The second kappa shape index (κ2) is 7.19. The van der Waals surface area contributed by atoms with Crippen LogP contribution >= 0.6 is 0 Å². The molecule has 1 amide bonds. The van der Waals surface area contributed by atoms with Gasteiger partial charge in [0.1, 0.15) is 11.6 Å². The van der Waals surface area contributed by atoms with E-state index in [1.54, 1.807) is 24.1 Å². The smallest absolute Gasteiger partial charge is 0.232 e. The van der Waals surface area contributed by atoms with E-state index in [2.05, 4.69) is 10.1 Å². The number of carbonyl (C=O) groups excluding carboxylic acids is 1. The van der Waals surface area contributed by atoms with Gasteiger partial charge >= 0.3 is 0 Å². The molecule has 0 spiro atoms. The second-order valence-electron chi connectivity index (χ2n) is 6.49. The molecule has 1 aliphatic rings. The van der Waals surface area contributed by atoms with Crippen molar-refractivity contribution in [1.29, 1.82) is 0 Å². The lowest BCUT2D eigenvalue weighted by molar-refractivity contribution is -0.128. The molecule has 0 N–H and O–H groups in total. The Kier molecular flexibility index (Phi) is 4.58. The highest BCUT2D eigenvalue weighted by molar-refractivity contribution is 5.79. The lowest BCUT2D eigenvalue weighted by atomic mass is 10.1. The molecule has 0 radical (unpaired) electrons. The number of halogens is 1. The van der Waals surface area contributed by atoms with E-state index in [9.17, 15) is 9.18 Å². The van der Waals surface area contributed by atoms with E-state index < -0.39 is 0 Å². The summed E-state index contributed by atoms with van der Waals surface area (Å²) in [6, 6.07) is 13.6. The average molecular weight is 367 g/mol. The number of nitrogens with zero attached hydrogens (tertiary/aromatic N) is 3. The van der Waals surface area contributed by atoms with Crippen LogP contribution < -0.4 is 4.74 Å². The van der Waals surface area contributed by atoms with Crippen molar-refractivity contribution in [2.24, 2.45) is 0 Å². The number of hydrogen-bond donors (Lipinski definition) is 0. The number of ether oxygens (including phenoxy) is 1. The fourth-order valence-corrected chi connectivity index (χ4v) is 3.23. The fraction of sp³-hybridized carbons (Fsp3) is 0.250. The Morgan fingerprint density at radius 2 is 2.11 bits per heavy atom. The third-order valence-electron chi connectivity index (χ3n) is 4.60. The third kappa shape index (κ3) is 3.67. The number of aromatic nitrogens is 2. The molecule has 27 heavy (non-hydrogen) atoms. The maximum Gasteiger partial charge on any atom is 0.232 e. The van der Waals surface area contributed by atoms with Crippen LogP contribution in [0, 0.1) is 5.82 Å². The van der Waals surface area contributed by atoms with Gasteiger partial charge in [0.25, 0.3) is 0 Å². The molecule has 0 saturated carbocycles. The highest BCUT2D eigenvalue weighted by Gasteiger charge is 2.34. The van der Waals surface area contributed by atoms with Gasteiger partial charge in [-0.3, -0.25) is 4.79 Å². The molecule has 1 aromatic heterocycles. The maximum atomic E-state index is 13.4. The summed E-state index contributed by atoms with van der Waals surface area (Å²) < 4.78 is 23.9. The molecule has 7 heteroatoms. The van der Waals surface area contributed by atoms with Crippen LogP contribution in [0.1, 0.15) is 23.8 Å². The zero-order valence-corrected chi connectivity index (χ0v) is 14.8. The normalized spacial score (nSPS) is 16.7. The number of benzene rings is 2. The topological polar surface area (TPSA) is 68.5 Å². The number of methoxy groups -OCH3 is 1. The van der Waals surface area contributed by atoms with Crippen molar-refractivity contribution in [2.75, 3.05) is 13.7 Å². The first kappa shape index (κ1) is 17.2. The highest BCUT2D eigenvalue weighted by Crippen LogP contribution is 2.30. The standard InChI is InChI=1S/C20H18FN3O3/c1-26-17-7-2-4-13(8-17)11-24-12-15(10-18(24)25)20-22-19(23-27-20)14-5-3-6-16(21)9-14/h2-9,15H,10-12H2,1H3. The Morgan fingerprint density at radius 3 is 2.93 bits per heavy atom. The summed E-state index contributed by atoms with van der Waals surface area (Å²) in [7, 11) is 1.61. The van der Waals surface area contributed by atoms with Crippen molar-refractivity contribution in [3.63, 3.8) is 0 Å². The van der Waals surface area contributed by atoms with Crippen molar-refractivity contribution in [1.82, 2.24) is 15.0 Å². The summed E-state index contributed by atoms with van der Waals surface area (Å²) >= 11 is 0. The molecule has 138 valence electrons. The van der Waals surface area contributed by atoms with Crippen molar-refractivity contribution < 1.29 is 18.4 Å². The number of likely N-dealkylation sites (tertiary alicyclic amines) is 1. The predicted octanol–water partition coefficient (Wildman–Crippen LogP) is 3.40. The molecular formula is C20H18FN3O3. The zero-order valence-electron chi connectivity index (χ0n) is 14.8. The van der Waals surface area contributed by atoms with E-state index in [-0.39, 0.29) is 17.6 Å². The summed E-state index contributed by atoms with van der Waals surface area (Å²) in [4.78, 5) is 18.5. The average Bonchev–Trinajstić information content (AvgIpc) is 3.29. The molecule has 2 heterocycles. The fourth-order valence-electron chi connectivity index (χ4n) is 3.23. The summed E-state index contributed by atoms with van der Waals surface area (Å²) in [6.45, 7) is 0.998. The molecule has 1 aliphatic heterocycles. The predicted molar refractivity (Wildman–Crippen MR) is 95.5 cm³/mol. The van der Waals surface area contributed by atoms with E-state index >= 15 is 0 Å². The molecule has 0 bridgehead atoms. The monoisotopic (exact) mass is 367 g/mol. The Labute approximate surface area is 155 Å². The number of amides is 1. The van der Waals surface area contributed by atoms with Gasteiger partial charge in [0, 0.05) is 25.1 Å². The van der Waals surface area contributed by atoms with Crippen molar-refractivity contribution in [3.8, 4) is 17.1 Å². The molecular weight excluding hydrogens is 349 g/mol. The highest BCUT2D eigenvalue weighted by atomic mass is 19.1. The minimum absolute atomic E-state index is 0.0355. The van der Waals surface area contributed by atoms with E-state index in [0.717, 1.165) is 11.3 Å². The van der Waals surface area contributed by atoms with Gasteiger partial charge in [0.15, 0.2) is 0 Å². The van der Waals surface area contributed by atoms with Crippen molar-refractivity contribution >= 4 is 5.91 Å². The van der Waals surface area contributed by atoms with E-state index in [4.69, 9.17) is 9.26 Å². The van der Waals surface area contributed by atoms with E-state index in [1.165, 1.54) is 12.1 Å². The first-order chi connectivity index (χ1) is 13.1. The van der Waals surface area contributed by atoms with Crippen LogP contribution in [-0.2, 0) is 11.3 Å². The lowest BCUT2D eigenvalue weighted by Gasteiger charge is -2.16. The minimum atomic E-state index is -0.362. The van der Waals surface area contributed by atoms with Gasteiger partial charge in [-0.25, -0.2) is 4.39 Å². The Hall–Kier alpha value is -3.22. The van der Waals surface area contributed by atoms with Gasteiger partial charge < -0.3 is 14.2 Å². The minimum Gasteiger partial charge on any atom is -0.497 e. The molecule has 1 saturated heterocycles. The van der Waals surface area contributed by atoms with Gasteiger partial charge in [-0.1, -0.05) is 29.4 Å². The van der Waals surface area contributed by atoms with E-state index in [1.807, 2.05) is 24.3 Å². The third-order valence-corrected chi connectivity index (χ3v) is 4.60. The molecule has 3 aromatic rings. The maximum absolute atomic E-state index is 13.4. The van der Waals surface area contributed by atoms with Crippen LogP contribution in [0.2, 0.25) is 0 Å². The quantitative estimate of drug-likeness (QED) is 0.691. The van der Waals surface area contributed by atoms with Crippen LogP contribution in [0.3, 0.4) is 0 Å². The molecule has 2 aromatic carbocycles. The Morgan fingerprint density at radius 1 is 1.26 bits per heavy atom. The van der Waals surface area contributed by atoms with Gasteiger partial charge in [-0.15, -0.1) is 0 Å². The summed E-state index contributed by atoms with van der Waals surface area (Å²) in [5.74, 6) is 0.983. The second-order valence-corrected chi connectivity index (χ2v) is 6.49. The first-order valence-electron chi connectivity index (χ1n) is 8.62. The summed E-state index contributed by atoms with van der Waals surface area (Å²) in [5, 5.41) is 3.93. The largest absolute Gasteiger partial charge is 0.497 e. The Bertz CT molecular complexity index is 972. The first-order valence-corrected chi connectivity index (χ1v) is 8.62. The van der Waals surface area contributed by atoms with Gasteiger partial charge in [-0.2, -0.15) is 4.98 Å². The zero-order chi connectivity index (χ0) is 18.8. The molecule has 6 nitrogen and oxygen atoms in total. The lowest BCUT2D eigenvalue weighted by Crippen LogP contribution is -2.24. The van der Waals surface area contributed by atoms with E-state index in [0.29, 0.717) is 36.8 Å². The molecule has 0 aliphatic carbocycles. The van der Waals surface area contributed by atoms with Crippen LogP contribution in [-0.4, -0.2) is 34.6 Å². The molecule has 1 fully saturated rings. The number of carbonyl (C=O) groups is 1. The van der Waals surface area contributed by atoms with Crippen LogP contribution in [0.5, 0.6) is 5.75 Å². The summed E-state index contributed by atoms with van der Waals surface area (Å²) in [5.41, 5.74) is 1.54. The summed E-state index contributed by atoms with van der Waals surface area (Å²) in [6.07, 6.45) is 0.314. The van der Waals surface area contributed by atoms with Gasteiger partial charge in [0.05, 0.1) is 13.0 Å².